The summed E-state index contributed by atoms with van der Waals surface area (Å²) >= 11 is 0. The lowest BCUT2D eigenvalue weighted by atomic mass is 10.1. The van der Waals surface area contributed by atoms with Crippen molar-refractivity contribution >= 4 is 26.7 Å². The van der Waals surface area contributed by atoms with Crippen LogP contribution in [0.1, 0.15) is 5.56 Å². The van der Waals surface area contributed by atoms with Gasteiger partial charge < -0.3 is 9.15 Å². The first-order chi connectivity index (χ1) is 14.4. The molecule has 1 heterocycles. The highest BCUT2D eigenvalue weighted by molar-refractivity contribution is 7.92. The van der Waals surface area contributed by atoms with Crippen LogP contribution in [0, 0.1) is 6.92 Å². The van der Waals surface area contributed by atoms with Crippen molar-refractivity contribution in [2.24, 2.45) is 0 Å². The summed E-state index contributed by atoms with van der Waals surface area (Å²) in [4.78, 5) is 12.9. The summed E-state index contributed by atoms with van der Waals surface area (Å²) < 4.78 is 39.0. The summed E-state index contributed by atoms with van der Waals surface area (Å²) in [5.41, 5.74) is 1.96. The monoisotopic (exact) mass is 421 g/mol. The molecule has 0 radical (unpaired) electrons. The molecular formula is C23H19NO5S. The van der Waals surface area contributed by atoms with E-state index in [1.807, 2.05) is 19.1 Å². The topological polar surface area (TPSA) is 85.6 Å². The molecule has 0 amide bonds. The minimum absolute atomic E-state index is 0.145. The Bertz CT molecular complexity index is 1390. The van der Waals surface area contributed by atoms with Crippen molar-refractivity contribution in [3.05, 3.63) is 88.6 Å². The number of rotatable bonds is 5. The Morgan fingerprint density at radius 3 is 2.40 bits per heavy atom. The van der Waals surface area contributed by atoms with E-state index in [4.69, 9.17) is 9.15 Å². The molecule has 30 heavy (non-hydrogen) atoms. The number of aryl methyl sites for hydroxylation is 1. The molecular weight excluding hydrogens is 402 g/mol. The molecule has 152 valence electrons. The third-order valence-corrected chi connectivity index (χ3v) is 6.08. The molecule has 0 atom stereocenters. The highest BCUT2D eigenvalue weighted by Gasteiger charge is 2.16. The van der Waals surface area contributed by atoms with Crippen LogP contribution < -0.4 is 14.9 Å². The number of sulfonamides is 1. The van der Waals surface area contributed by atoms with Gasteiger partial charge in [-0.3, -0.25) is 9.52 Å². The number of hydrogen-bond donors (Lipinski definition) is 1. The van der Waals surface area contributed by atoms with Gasteiger partial charge in [0, 0.05) is 11.8 Å². The van der Waals surface area contributed by atoms with Gasteiger partial charge in [0.1, 0.15) is 17.1 Å². The van der Waals surface area contributed by atoms with Gasteiger partial charge in [0.25, 0.3) is 10.0 Å². The Hall–Kier alpha value is -3.58. The van der Waals surface area contributed by atoms with E-state index in [0.29, 0.717) is 22.7 Å². The summed E-state index contributed by atoms with van der Waals surface area (Å²) in [6.45, 7) is 1.88. The van der Waals surface area contributed by atoms with Gasteiger partial charge in [0.05, 0.1) is 23.0 Å². The zero-order valence-corrected chi connectivity index (χ0v) is 17.2. The quantitative estimate of drug-likeness (QED) is 0.510. The van der Waals surface area contributed by atoms with Crippen LogP contribution in [0.5, 0.6) is 5.75 Å². The molecule has 0 bridgehead atoms. The summed E-state index contributed by atoms with van der Waals surface area (Å²) in [6.07, 6.45) is 0. The van der Waals surface area contributed by atoms with Crippen LogP contribution in [0.15, 0.2) is 86.9 Å². The Balaban J connectivity index is 1.73. The van der Waals surface area contributed by atoms with Crippen LogP contribution in [-0.2, 0) is 10.0 Å². The third kappa shape index (κ3) is 3.79. The maximum atomic E-state index is 12.7. The maximum absolute atomic E-state index is 12.7. The highest BCUT2D eigenvalue weighted by atomic mass is 32.2. The average Bonchev–Trinajstić information content (AvgIpc) is 2.74. The van der Waals surface area contributed by atoms with Crippen LogP contribution >= 0.6 is 0 Å². The van der Waals surface area contributed by atoms with Crippen molar-refractivity contribution in [1.29, 1.82) is 0 Å². The van der Waals surface area contributed by atoms with Crippen LogP contribution in [0.2, 0.25) is 0 Å². The lowest BCUT2D eigenvalue weighted by Crippen LogP contribution is -2.13. The first-order valence-electron chi connectivity index (χ1n) is 9.18. The lowest BCUT2D eigenvalue weighted by Gasteiger charge is -2.10. The molecule has 0 aliphatic heterocycles. The molecule has 3 aromatic carbocycles. The molecule has 4 aromatic rings. The highest BCUT2D eigenvalue weighted by Crippen LogP contribution is 2.31. The molecule has 0 spiro atoms. The van der Waals surface area contributed by atoms with Crippen LogP contribution in [0.4, 0.5) is 5.69 Å². The molecule has 7 heteroatoms. The molecule has 0 aliphatic rings. The van der Waals surface area contributed by atoms with E-state index in [1.165, 1.54) is 24.3 Å². The van der Waals surface area contributed by atoms with E-state index in [0.717, 1.165) is 5.56 Å². The zero-order valence-electron chi connectivity index (χ0n) is 16.4. The number of benzene rings is 3. The van der Waals surface area contributed by atoms with Crippen molar-refractivity contribution in [3.8, 4) is 17.1 Å². The first-order valence-corrected chi connectivity index (χ1v) is 10.7. The molecule has 0 saturated carbocycles. The van der Waals surface area contributed by atoms with Crippen molar-refractivity contribution in [3.63, 3.8) is 0 Å². The second kappa shape index (κ2) is 7.68. The molecule has 6 nitrogen and oxygen atoms in total. The lowest BCUT2D eigenvalue weighted by molar-refractivity contribution is 0.415. The average molecular weight is 421 g/mol. The predicted molar refractivity (Wildman–Crippen MR) is 116 cm³/mol. The van der Waals surface area contributed by atoms with Gasteiger partial charge in [-0.25, -0.2) is 8.42 Å². The van der Waals surface area contributed by atoms with Gasteiger partial charge in [-0.2, -0.15) is 0 Å². The van der Waals surface area contributed by atoms with E-state index in [1.54, 1.807) is 43.5 Å². The standard InChI is InChI=1S/C23H19NO5S/c1-15-7-10-17(11-8-15)30(26,27)24-16-9-12-22-19(13-16)20(25)14-23(29-22)18-5-3-4-6-21(18)28-2/h3-14,24H,1-2H3. The zero-order chi connectivity index (χ0) is 21.3. The Morgan fingerprint density at radius 1 is 0.933 bits per heavy atom. The molecule has 1 N–H and O–H groups in total. The minimum atomic E-state index is -3.77. The van der Waals surface area contributed by atoms with E-state index < -0.39 is 10.0 Å². The van der Waals surface area contributed by atoms with Gasteiger partial charge in [0.2, 0.25) is 0 Å². The summed E-state index contributed by atoms with van der Waals surface area (Å²) in [6, 6.07) is 19.7. The van der Waals surface area contributed by atoms with Crippen LogP contribution in [0.25, 0.3) is 22.3 Å². The second-order valence-electron chi connectivity index (χ2n) is 6.80. The fourth-order valence-corrected chi connectivity index (χ4v) is 4.18. The van der Waals surface area contributed by atoms with E-state index >= 15 is 0 Å². The fraction of sp³-hybridized carbons (Fsp3) is 0.0870. The van der Waals surface area contributed by atoms with Crippen molar-refractivity contribution in [1.82, 2.24) is 0 Å². The number of nitrogens with one attached hydrogen (secondary N) is 1. The molecule has 0 saturated heterocycles. The number of methoxy groups -OCH3 is 1. The minimum Gasteiger partial charge on any atom is -0.496 e. The summed E-state index contributed by atoms with van der Waals surface area (Å²) in [7, 11) is -2.22. The summed E-state index contributed by atoms with van der Waals surface area (Å²) in [5.74, 6) is 0.959. The first kappa shape index (κ1) is 19.7. The van der Waals surface area contributed by atoms with Crippen LogP contribution in [-0.4, -0.2) is 15.5 Å². The molecule has 1 aromatic heterocycles. The van der Waals surface area contributed by atoms with Gasteiger partial charge >= 0.3 is 0 Å². The number of hydrogen-bond acceptors (Lipinski definition) is 5. The van der Waals surface area contributed by atoms with Crippen molar-refractivity contribution < 1.29 is 17.6 Å². The number of fused-ring (bicyclic) bond motifs is 1. The predicted octanol–water partition coefficient (Wildman–Crippen LogP) is 4.58. The van der Waals surface area contributed by atoms with Crippen molar-refractivity contribution in [2.45, 2.75) is 11.8 Å². The van der Waals surface area contributed by atoms with Gasteiger partial charge in [-0.15, -0.1) is 0 Å². The van der Waals surface area contributed by atoms with E-state index in [2.05, 4.69) is 4.72 Å². The Morgan fingerprint density at radius 2 is 1.67 bits per heavy atom. The van der Waals surface area contributed by atoms with Gasteiger partial charge in [-0.1, -0.05) is 29.8 Å². The second-order valence-corrected chi connectivity index (χ2v) is 8.49. The smallest absolute Gasteiger partial charge is 0.261 e. The Labute approximate surface area is 173 Å². The largest absolute Gasteiger partial charge is 0.496 e. The number of para-hydroxylation sites is 1. The summed E-state index contributed by atoms with van der Waals surface area (Å²) in [5, 5.41) is 0.276. The van der Waals surface area contributed by atoms with Gasteiger partial charge in [0.15, 0.2) is 5.43 Å². The maximum Gasteiger partial charge on any atom is 0.261 e. The molecule has 0 unspecified atom stereocenters. The normalized spacial score (nSPS) is 11.4. The number of ether oxygens (including phenoxy) is 1. The Kier molecular flexibility index (Phi) is 5.05. The van der Waals surface area contributed by atoms with Gasteiger partial charge in [-0.05, 0) is 49.4 Å². The fourth-order valence-electron chi connectivity index (χ4n) is 3.13. The van der Waals surface area contributed by atoms with Crippen LogP contribution in [0.3, 0.4) is 0 Å². The number of anilines is 1. The molecule has 0 aliphatic carbocycles. The van der Waals surface area contributed by atoms with Crippen molar-refractivity contribution in [2.75, 3.05) is 11.8 Å². The SMILES string of the molecule is COc1ccccc1-c1cc(=O)c2cc(NS(=O)(=O)c3ccc(C)cc3)ccc2o1. The van der Waals surface area contributed by atoms with E-state index in [9.17, 15) is 13.2 Å². The molecule has 4 rings (SSSR count). The van der Waals surface area contributed by atoms with E-state index in [-0.39, 0.29) is 21.4 Å². The molecule has 0 fully saturated rings. The third-order valence-electron chi connectivity index (χ3n) is 4.68.